The van der Waals surface area contributed by atoms with E-state index in [-0.39, 0.29) is 49.5 Å². The van der Waals surface area contributed by atoms with Gasteiger partial charge in [-0.1, -0.05) is 51.8 Å². The third kappa shape index (κ3) is 11.4. The van der Waals surface area contributed by atoms with Gasteiger partial charge in [-0.05, 0) is 95.5 Å². The largest absolute Gasteiger partial charge is 0.456 e. The van der Waals surface area contributed by atoms with Gasteiger partial charge in [-0.15, -0.1) is 0 Å². The summed E-state index contributed by atoms with van der Waals surface area (Å²) < 4.78 is 29.8. The molecule has 0 aromatic heterocycles. The van der Waals surface area contributed by atoms with Crippen LogP contribution in [0, 0.1) is 29.6 Å². The molecule has 324 valence electrons. The fraction of sp³-hybridized carbons (Fsp3) is 0.818. The molecule has 4 aliphatic rings. The second kappa shape index (κ2) is 21.1. The van der Waals surface area contributed by atoms with Crippen molar-refractivity contribution < 1.29 is 58.2 Å². The quantitative estimate of drug-likeness (QED) is 0.181. The monoisotopic (exact) mass is 805 g/mol. The number of ether oxygens (including phenoxy) is 5. The van der Waals surface area contributed by atoms with Crippen LogP contribution in [0.5, 0.6) is 0 Å². The minimum atomic E-state index is -2.50. The summed E-state index contributed by atoms with van der Waals surface area (Å²) in [4.78, 5) is 57.9. The summed E-state index contributed by atoms with van der Waals surface area (Å²) >= 11 is 0. The Hall–Kier alpha value is -2.52. The molecular formula is C44H71NO12. The molecular weight excluding hydrogens is 734 g/mol. The molecule has 13 nitrogen and oxygen atoms in total. The summed E-state index contributed by atoms with van der Waals surface area (Å²) in [5.74, 6) is -7.46. The highest BCUT2D eigenvalue weighted by Crippen LogP contribution is 2.39. The third-order valence-electron chi connectivity index (χ3n) is 13.1. The SMILES string of the molecule is CCCC1C=C(C)CC(C)CC(OC)C2OC(O)(C(=O)C(=O)N3CCCCC3C(=O)OC(C(C)=CC3CCC(O)C(OC)C3)C(C)C(O)CC1=O)C(C)CC2OC. The number of cyclic esters (lactones) is 1. The zero-order valence-electron chi connectivity index (χ0n) is 35.8. The lowest BCUT2D eigenvalue weighted by molar-refractivity contribution is -0.302. The van der Waals surface area contributed by atoms with E-state index in [1.807, 2.05) is 32.9 Å². The molecule has 14 atom stereocenters. The Balaban J connectivity index is 1.77. The summed E-state index contributed by atoms with van der Waals surface area (Å²) in [5.41, 5.74) is 1.67. The highest BCUT2D eigenvalue weighted by molar-refractivity contribution is 6.39. The van der Waals surface area contributed by atoms with Crippen LogP contribution < -0.4 is 0 Å². The first-order valence-electron chi connectivity index (χ1n) is 21.3. The number of ketones is 2. The standard InChI is InChI=1S/C44H71NO12/c1-10-13-31-19-25(2)18-26(3)20-37(54-8)40-38(55-9)22-28(5)44(52,57-40)41(49)42(50)45-17-12-11-14-32(45)43(51)56-39(29(6)34(47)24-35(31)48)27(4)21-30-15-16-33(46)36(23-30)53-7/h19,21,26,28-34,36-40,46-47,52H,10-18,20,22-24H2,1-9H3. The van der Waals surface area contributed by atoms with Gasteiger partial charge in [-0.3, -0.25) is 14.4 Å². The highest BCUT2D eigenvalue weighted by atomic mass is 16.7. The van der Waals surface area contributed by atoms with Crippen LogP contribution in [0.25, 0.3) is 0 Å². The van der Waals surface area contributed by atoms with Crippen molar-refractivity contribution in [2.45, 2.75) is 173 Å². The van der Waals surface area contributed by atoms with Crippen LogP contribution in [-0.2, 0) is 42.9 Å². The number of Topliss-reactive ketones (excluding diaryl/α,β-unsaturated/α-hetero) is 2. The molecule has 3 heterocycles. The van der Waals surface area contributed by atoms with Crippen LogP contribution >= 0.6 is 0 Å². The number of piperidine rings is 1. The van der Waals surface area contributed by atoms with Crippen LogP contribution in [0.4, 0.5) is 0 Å². The number of methoxy groups -OCH3 is 3. The van der Waals surface area contributed by atoms with E-state index in [9.17, 15) is 34.5 Å². The average molecular weight is 806 g/mol. The number of hydrogen-bond donors (Lipinski definition) is 3. The van der Waals surface area contributed by atoms with Gasteiger partial charge in [0.15, 0.2) is 0 Å². The fourth-order valence-electron chi connectivity index (χ4n) is 9.60. The molecule has 13 heteroatoms. The molecule has 1 saturated carbocycles. The van der Waals surface area contributed by atoms with E-state index in [4.69, 9.17) is 23.7 Å². The van der Waals surface area contributed by atoms with Crippen molar-refractivity contribution in [3.05, 3.63) is 23.3 Å². The smallest absolute Gasteiger partial charge is 0.329 e. The van der Waals surface area contributed by atoms with Gasteiger partial charge in [0.1, 0.15) is 24.0 Å². The molecule has 0 aromatic rings. The molecule has 4 rings (SSSR count). The van der Waals surface area contributed by atoms with Crippen molar-refractivity contribution >= 4 is 23.4 Å². The van der Waals surface area contributed by atoms with E-state index in [2.05, 4.69) is 6.92 Å². The summed E-state index contributed by atoms with van der Waals surface area (Å²) in [6.07, 6.45) is 4.60. The maximum Gasteiger partial charge on any atom is 0.329 e. The average Bonchev–Trinajstić information content (AvgIpc) is 3.18. The van der Waals surface area contributed by atoms with Gasteiger partial charge < -0.3 is 43.9 Å². The predicted octanol–water partition coefficient (Wildman–Crippen LogP) is 4.86. The van der Waals surface area contributed by atoms with Crippen molar-refractivity contribution in [1.82, 2.24) is 4.90 Å². The molecule has 1 amide bonds. The van der Waals surface area contributed by atoms with Crippen molar-refractivity contribution in [3.63, 3.8) is 0 Å². The predicted molar refractivity (Wildman–Crippen MR) is 213 cm³/mol. The zero-order valence-corrected chi connectivity index (χ0v) is 35.8. The number of allylic oxidation sites excluding steroid dienone is 3. The minimum Gasteiger partial charge on any atom is -0.456 e. The number of amides is 1. The number of aliphatic hydroxyl groups excluding tert-OH is 2. The summed E-state index contributed by atoms with van der Waals surface area (Å²) in [6.45, 7) is 11.4. The van der Waals surface area contributed by atoms with Gasteiger partial charge in [0, 0.05) is 52.0 Å². The lowest BCUT2D eigenvalue weighted by atomic mass is 9.81. The maximum atomic E-state index is 14.3. The molecule has 0 radical (unpaired) electrons. The molecule has 2 bridgehead atoms. The first-order chi connectivity index (χ1) is 27.0. The molecule has 0 spiro atoms. The van der Waals surface area contributed by atoms with Gasteiger partial charge in [0.05, 0.1) is 30.5 Å². The normalized spacial score (nSPS) is 40.1. The van der Waals surface area contributed by atoms with Crippen LogP contribution in [0.3, 0.4) is 0 Å². The van der Waals surface area contributed by atoms with Gasteiger partial charge >= 0.3 is 5.97 Å². The first-order valence-corrected chi connectivity index (χ1v) is 21.3. The Kier molecular flexibility index (Phi) is 17.5. The van der Waals surface area contributed by atoms with E-state index < -0.39 is 83.9 Å². The number of hydrogen-bond acceptors (Lipinski definition) is 12. The van der Waals surface area contributed by atoms with Crippen molar-refractivity contribution in [1.29, 1.82) is 0 Å². The second-order valence-electron chi connectivity index (χ2n) is 17.5. The lowest BCUT2D eigenvalue weighted by Gasteiger charge is -2.47. The van der Waals surface area contributed by atoms with Gasteiger partial charge in [-0.2, -0.15) is 0 Å². The third-order valence-corrected chi connectivity index (χ3v) is 13.1. The fourth-order valence-corrected chi connectivity index (χ4v) is 9.60. The van der Waals surface area contributed by atoms with E-state index in [1.165, 1.54) is 19.1 Å². The molecule has 57 heavy (non-hydrogen) atoms. The molecule has 3 aliphatic heterocycles. The van der Waals surface area contributed by atoms with Crippen molar-refractivity contribution in [2.75, 3.05) is 27.9 Å². The lowest BCUT2D eigenvalue weighted by Crippen LogP contribution is -2.64. The number of rotatable bonds is 7. The number of carbonyl (C=O) groups excluding carboxylic acids is 4. The number of fused-ring (bicyclic) bond motifs is 3. The summed E-state index contributed by atoms with van der Waals surface area (Å²) in [5, 5.41) is 34.2. The maximum absolute atomic E-state index is 14.3. The summed E-state index contributed by atoms with van der Waals surface area (Å²) in [7, 11) is 4.64. The van der Waals surface area contributed by atoms with Crippen molar-refractivity contribution in [3.8, 4) is 0 Å². The molecule has 0 aromatic carbocycles. The Bertz CT molecular complexity index is 1450. The molecule has 3 N–H and O–H groups in total. The zero-order chi connectivity index (χ0) is 42.2. The van der Waals surface area contributed by atoms with Crippen LogP contribution in [0.15, 0.2) is 23.3 Å². The first kappa shape index (κ1) is 47.2. The van der Waals surface area contributed by atoms with E-state index in [1.54, 1.807) is 21.0 Å². The van der Waals surface area contributed by atoms with Crippen LogP contribution in [0.2, 0.25) is 0 Å². The Morgan fingerprint density at radius 2 is 1.58 bits per heavy atom. The highest BCUT2D eigenvalue weighted by Gasteiger charge is 2.56. The van der Waals surface area contributed by atoms with Gasteiger partial charge in [0.25, 0.3) is 11.7 Å². The van der Waals surface area contributed by atoms with Crippen molar-refractivity contribution in [2.24, 2.45) is 29.6 Å². The Morgan fingerprint density at radius 1 is 0.912 bits per heavy atom. The Morgan fingerprint density at radius 3 is 2.23 bits per heavy atom. The summed E-state index contributed by atoms with van der Waals surface area (Å²) in [6, 6.07) is -1.13. The molecule has 2 saturated heterocycles. The number of aliphatic hydroxyl groups is 3. The van der Waals surface area contributed by atoms with Gasteiger partial charge in [0.2, 0.25) is 5.79 Å². The van der Waals surface area contributed by atoms with E-state index in [0.29, 0.717) is 56.9 Å². The topological polar surface area (TPSA) is 178 Å². The molecule has 1 aliphatic carbocycles. The minimum absolute atomic E-state index is 0.000416. The van der Waals surface area contributed by atoms with E-state index in [0.717, 1.165) is 12.0 Å². The molecule has 3 fully saturated rings. The van der Waals surface area contributed by atoms with Gasteiger partial charge in [-0.25, -0.2) is 4.79 Å². The number of carbonyl (C=O) groups is 4. The van der Waals surface area contributed by atoms with E-state index >= 15 is 0 Å². The Labute approximate surface area is 339 Å². The number of esters is 1. The second-order valence-corrected chi connectivity index (χ2v) is 17.5. The van der Waals surface area contributed by atoms with Crippen LogP contribution in [-0.4, -0.2) is 126 Å². The van der Waals surface area contributed by atoms with Crippen LogP contribution in [0.1, 0.15) is 119 Å². The molecule has 14 unspecified atom stereocenters. The number of nitrogens with zero attached hydrogens (tertiary/aromatic N) is 1.